The van der Waals surface area contributed by atoms with Gasteiger partial charge in [0.1, 0.15) is 11.9 Å². The maximum atomic E-state index is 13.1. The maximum absolute atomic E-state index is 13.1. The lowest BCUT2D eigenvalue weighted by atomic mass is 10.0. The average molecular weight is 267 g/mol. The highest BCUT2D eigenvalue weighted by molar-refractivity contribution is 5.85. The molecule has 5 heteroatoms. The minimum Gasteiger partial charge on any atom is -0.467 e. The Morgan fingerprint density at radius 3 is 2.58 bits per heavy atom. The van der Waals surface area contributed by atoms with Crippen molar-refractivity contribution in [3.8, 4) is 0 Å². The molecular weight excluding hydrogens is 249 g/mol. The van der Waals surface area contributed by atoms with Gasteiger partial charge in [-0.1, -0.05) is 26.0 Å². The van der Waals surface area contributed by atoms with E-state index in [0.29, 0.717) is 5.56 Å². The molecule has 0 heterocycles. The molecule has 1 amide bonds. The molecule has 0 aliphatic rings. The quantitative estimate of drug-likeness (QED) is 0.826. The van der Waals surface area contributed by atoms with Crippen LogP contribution in [-0.4, -0.2) is 25.0 Å². The van der Waals surface area contributed by atoms with Gasteiger partial charge in [0, 0.05) is 12.3 Å². The van der Waals surface area contributed by atoms with E-state index in [1.807, 2.05) is 0 Å². The second-order valence-corrected chi connectivity index (χ2v) is 4.57. The maximum Gasteiger partial charge on any atom is 0.328 e. The van der Waals surface area contributed by atoms with Crippen LogP contribution in [0.2, 0.25) is 0 Å². The van der Waals surface area contributed by atoms with Gasteiger partial charge in [0.05, 0.1) is 7.11 Å². The number of carbonyl (C=O) groups is 2. The van der Waals surface area contributed by atoms with Crippen molar-refractivity contribution in [1.82, 2.24) is 5.32 Å². The van der Waals surface area contributed by atoms with Crippen LogP contribution in [0.15, 0.2) is 24.3 Å². The molecule has 19 heavy (non-hydrogen) atoms. The van der Waals surface area contributed by atoms with Gasteiger partial charge < -0.3 is 10.1 Å². The highest BCUT2D eigenvalue weighted by Gasteiger charge is 2.23. The van der Waals surface area contributed by atoms with E-state index in [9.17, 15) is 14.0 Å². The van der Waals surface area contributed by atoms with Gasteiger partial charge in [-0.25, -0.2) is 9.18 Å². The van der Waals surface area contributed by atoms with Crippen LogP contribution >= 0.6 is 0 Å². The summed E-state index contributed by atoms with van der Waals surface area (Å²) in [4.78, 5) is 23.3. The largest absolute Gasteiger partial charge is 0.467 e. The first-order valence-electron chi connectivity index (χ1n) is 6.06. The summed E-state index contributed by atoms with van der Waals surface area (Å²) in [6, 6.07) is 5.10. The summed E-state index contributed by atoms with van der Waals surface area (Å²) in [5.41, 5.74) is 0.624. The SMILES string of the molecule is COC(=O)[C@H](Cc1cccc(F)c1)NC(=O)C(C)C. The Hall–Kier alpha value is -1.91. The molecule has 0 aromatic heterocycles. The Balaban J connectivity index is 2.80. The van der Waals surface area contributed by atoms with E-state index in [2.05, 4.69) is 10.1 Å². The van der Waals surface area contributed by atoms with E-state index >= 15 is 0 Å². The van der Waals surface area contributed by atoms with E-state index in [-0.39, 0.29) is 24.1 Å². The van der Waals surface area contributed by atoms with E-state index in [1.54, 1.807) is 26.0 Å². The third-order valence-electron chi connectivity index (χ3n) is 2.66. The molecule has 0 radical (unpaired) electrons. The van der Waals surface area contributed by atoms with Crippen LogP contribution in [0.1, 0.15) is 19.4 Å². The summed E-state index contributed by atoms with van der Waals surface area (Å²) in [6.07, 6.45) is 0.197. The minimum atomic E-state index is -0.804. The zero-order valence-corrected chi connectivity index (χ0v) is 11.3. The first kappa shape index (κ1) is 15.1. The normalized spacial score (nSPS) is 12.1. The fourth-order valence-electron chi connectivity index (χ4n) is 1.57. The number of rotatable bonds is 5. The highest BCUT2D eigenvalue weighted by atomic mass is 19.1. The molecule has 1 atom stereocenters. The molecule has 0 saturated carbocycles. The predicted molar refractivity (Wildman–Crippen MR) is 68.9 cm³/mol. The van der Waals surface area contributed by atoms with E-state index in [0.717, 1.165) is 0 Å². The Morgan fingerprint density at radius 2 is 2.05 bits per heavy atom. The van der Waals surface area contributed by atoms with Crippen LogP contribution in [0, 0.1) is 11.7 Å². The second kappa shape index (κ2) is 6.87. The van der Waals surface area contributed by atoms with Crippen molar-refractivity contribution in [3.63, 3.8) is 0 Å². The molecule has 0 fully saturated rings. The van der Waals surface area contributed by atoms with Crippen LogP contribution in [0.4, 0.5) is 4.39 Å². The molecule has 1 N–H and O–H groups in total. The first-order valence-corrected chi connectivity index (χ1v) is 6.06. The molecule has 0 unspecified atom stereocenters. The summed E-state index contributed by atoms with van der Waals surface area (Å²) in [5, 5.41) is 2.60. The monoisotopic (exact) mass is 267 g/mol. The summed E-state index contributed by atoms with van der Waals surface area (Å²) in [5.74, 6) is -1.40. The molecule has 0 aliphatic carbocycles. The number of hydrogen-bond acceptors (Lipinski definition) is 3. The van der Waals surface area contributed by atoms with E-state index < -0.39 is 12.0 Å². The van der Waals surface area contributed by atoms with E-state index in [4.69, 9.17) is 0 Å². The van der Waals surface area contributed by atoms with Gasteiger partial charge in [0.2, 0.25) is 5.91 Å². The zero-order valence-electron chi connectivity index (χ0n) is 11.3. The lowest BCUT2D eigenvalue weighted by Gasteiger charge is -2.18. The number of carbonyl (C=O) groups excluding carboxylic acids is 2. The van der Waals surface area contributed by atoms with Crippen molar-refractivity contribution in [2.45, 2.75) is 26.3 Å². The van der Waals surface area contributed by atoms with Gasteiger partial charge >= 0.3 is 5.97 Å². The molecule has 4 nitrogen and oxygen atoms in total. The van der Waals surface area contributed by atoms with Crippen LogP contribution in [0.3, 0.4) is 0 Å². The van der Waals surface area contributed by atoms with Crippen LogP contribution in [-0.2, 0) is 20.7 Å². The Bertz CT molecular complexity index is 460. The van der Waals surface area contributed by atoms with Gasteiger partial charge in [0.25, 0.3) is 0 Å². The molecule has 1 aromatic carbocycles. The summed E-state index contributed by atoms with van der Waals surface area (Å²) in [6.45, 7) is 3.46. The number of halogens is 1. The molecule has 0 bridgehead atoms. The lowest BCUT2D eigenvalue weighted by Crippen LogP contribution is -2.44. The Kier molecular flexibility index (Phi) is 5.48. The van der Waals surface area contributed by atoms with Crippen molar-refractivity contribution in [2.24, 2.45) is 5.92 Å². The lowest BCUT2D eigenvalue weighted by molar-refractivity contribution is -0.145. The predicted octanol–water partition coefficient (Wildman–Crippen LogP) is 1.68. The van der Waals surface area contributed by atoms with Gasteiger partial charge in [-0.2, -0.15) is 0 Å². The summed E-state index contributed by atoms with van der Waals surface area (Å²) >= 11 is 0. The van der Waals surface area contributed by atoms with Crippen LogP contribution < -0.4 is 5.32 Å². The Labute approximate surface area is 112 Å². The molecule has 0 saturated heterocycles. The summed E-state index contributed by atoms with van der Waals surface area (Å²) < 4.78 is 17.7. The first-order chi connectivity index (χ1) is 8.93. The van der Waals surface area contributed by atoms with Crippen molar-refractivity contribution in [3.05, 3.63) is 35.6 Å². The molecule has 0 aliphatic heterocycles. The molecule has 1 rings (SSSR count). The van der Waals surface area contributed by atoms with Crippen molar-refractivity contribution in [2.75, 3.05) is 7.11 Å². The van der Waals surface area contributed by atoms with E-state index in [1.165, 1.54) is 19.2 Å². The number of esters is 1. The molecular formula is C14H18FNO3. The fourth-order valence-corrected chi connectivity index (χ4v) is 1.57. The number of hydrogen-bond donors (Lipinski definition) is 1. The fraction of sp³-hybridized carbons (Fsp3) is 0.429. The Morgan fingerprint density at radius 1 is 1.37 bits per heavy atom. The molecule has 0 spiro atoms. The topological polar surface area (TPSA) is 55.4 Å². The van der Waals surface area contributed by atoms with Gasteiger partial charge in [-0.15, -0.1) is 0 Å². The molecule has 1 aromatic rings. The highest BCUT2D eigenvalue weighted by Crippen LogP contribution is 2.08. The van der Waals surface area contributed by atoms with Crippen molar-refractivity contribution in [1.29, 1.82) is 0 Å². The second-order valence-electron chi connectivity index (χ2n) is 4.57. The zero-order chi connectivity index (χ0) is 14.4. The van der Waals surface area contributed by atoms with Crippen molar-refractivity contribution < 1.29 is 18.7 Å². The number of amides is 1. The van der Waals surface area contributed by atoms with Crippen LogP contribution in [0.25, 0.3) is 0 Å². The van der Waals surface area contributed by atoms with Gasteiger partial charge in [-0.05, 0) is 17.7 Å². The third-order valence-corrected chi connectivity index (χ3v) is 2.66. The molecule has 104 valence electrons. The number of methoxy groups -OCH3 is 1. The van der Waals surface area contributed by atoms with Crippen molar-refractivity contribution >= 4 is 11.9 Å². The summed E-state index contributed by atoms with van der Waals surface area (Å²) in [7, 11) is 1.25. The smallest absolute Gasteiger partial charge is 0.328 e. The minimum absolute atomic E-state index is 0.197. The third kappa shape index (κ3) is 4.69. The van der Waals surface area contributed by atoms with Gasteiger partial charge in [-0.3, -0.25) is 4.79 Å². The average Bonchev–Trinajstić information content (AvgIpc) is 2.36. The standard InChI is InChI=1S/C14H18FNO3/c1-9(2)13(17)16-12(14(18)19-3)8-10-5-4-6-11(15)7-10/h4-7,9,12H,8H2,1-3H3,(H,16,17)/t12-/m0/s1. The van der Waals surface area contributed by atoms with Gasteiger partial charge in [0.15, 0.2) is 0 Å². The number of nitrogens with one attached hydrogen (secondary N) is 1. The van der Waals surface area contributed by atoms with Crippen LogP contribution in [0.5, 0.6) is 0 Å². The number of benzene rings is 1. The number of ether oxygens (including phenoxy) is 1.